The molecule has 0 aromatic carbocycles. The normalized spacial score (nSPS) is 9.75. The average molecular weight is 169 g/mol. The van der Waals surface area contributed by atoms with Crippen molar-refractivity contribution in [1.82, 2.24) is 5.32 Å². The van der Waals surface area contributed by atoms with Gasteiger partial charge in [-0.25, -0.2) is 0 Å². The van der Waals surface area contributed by atoms with E-state index in [1.54, 1.807) is 0 Å². The van der Waals surface area contributed by atoms with Gasteiger partial charge in [-0.2, -0.15) is 0 Å². The fourth-order valence-corrected chi connectivity index (χ4v) is 0.715. The maximum atomic E-state index is 5.29. The third-order valence-corrected chi connectivity index (χ3v) is 1.32. The Morgan fingerprint density at radius 2 is 2.25 bits per heavy atom. The van der Waals surface area contributed by atoms with Crippen molar-refractivity contribution in [2.45, 2.75) is 13.3 Å². The smallest absolute Gasteiger partial charge is 0.0591 e. The van der Waals surface area contributed by atoms with Crippen LogP contribution in [-0.2, 0) is 4.74 Å². The Labute approximate surface area is 75.3 Å². The lowest BCUT2D eigenvalue weighted by Crippen LogP contribution is -2.21. The Morgan fingerprint density at radius 3 is 2.83 bits per heavy atom. The number of hydrogen-bond donors (Lipinski definition) is 1. The number of hydrogen-bond acceptors (Lipinski definition) is 2. The van der Waals surface area contributed by atoms with Gasteiger partial charge in [-0.05, 0) is 13.3 Å². The first-order chi connectivity index (χ1) is 5.77. The second-order valence-electron chi connectivity index (χ2n) is 2.82. The summed E-state index contributed by atoms with van der Waals surface area (Å²) >= 11 is 0. The molecule has 0 saturated heterocycles. The zero-order valence-electron chi connectivity index (χ0n) is 7.94. The molecule has 0 amide bonds. The van der Waals surface area contributed by atoms with Crippen LogP contribution < -0.4 is 5.32 Å². The molecule has 0 atom stereocenters. The molecule has 12 heavy (non-hydrogen) atoms. The van der Waals surface area contributed by atoms with Gasteiger partial charge in [0.15, 0.2) is 0 Å². The first-order valence-corrected chi connectivity index (χ1v) is 4.31. The third-order valence-electron chi connectivity index (χ3n) is 1.32. The minimum absolute atomic E-state index is 0.765. The van der Waals surface area contributed by atoms with Gasteiger partial charge in [0.2, 0.25) is 0 Å². The summed E-state index contributed by atoms with van der Waals surface area (Å²) < 4.78 is 5.29. The lowest BCUT2D eigenvalue weighted by atomic mass is 10.3. The molecule has 2 heteroatoms. The van der Waals surface area contributed by atoms with Crippen molar-refractivity contribution in [1.29, 1.82) is 0 Å². The molecule has 2 nitrogen and oxygen atoms in total. The third kappa shape index (κ3) is 9.40. The standard InChI is InChI=1S/C10H19NO/c1-4-5-7-12-8-6-11-9-10(2)3/h4,11H,1-2,5-9H2,3H3. The van der Waals surface area contributed by atoms with Crippen LogP contribution in [0, 0.1) is 0 Å². The summed E-state index contributed by atoms with van der Waals surface area (Å²) in [6.07, 6.45) is 2.79. The van der Waals surface area contributed by atoms with Crippen molar-refractivity contribution in [2.24, 2.45) is 0 Å². The van der Waals surface area contributed by atoms with E-state index in [0.29, 0.717) is 0 Å². The SMILES string of the molecule is C=CCCOCCNCC(=C)C. The molecule has 0 aliphatic rings. The summed E-state index contributed by atoms with van der Waals surface area (Å²) in [5, 5.41) is 3.21. The van der Waals surface area contributed by atoms with Gasteiger partial charge in [-0.15, -0.1) is 6.58 Å². The highest BCUT2D eigenvalue weighted by molar-refractivity contribution is 4.90. The van der Waals surface area contributed by atoms with E-state index < -0.39 is 0 Å². The van der Waals surface area contributed by atoms with Gasteiger partial charge in [0.25, 0.3) is 0 Å². The molecule has 0 unspecified atom stereocenters. The van der Waals surface area contributed by atoms with E-state index in [1.165, 1.54) is 0 Å². The number of rotatable bonds is 8. The lowest BCUT2D eigenvalue weighted by molar-refractivity contribution is 0.141. The molecule has 0 aliphatic carbocycles. The molecule has 0 heterocycles. The Balaban J connectivity index is 2.90. The van der Waals surface area contributed by atoms with E-state index in [1.807, 2.05) is 13.0 Å². The fraction of sp³-hybridized carbons (Fsp3) is 0.600. The summed E-state index contributed by atoms with van der Waals surface area (Å²) in [4.78, 5) is 0. The summed E-state index contributed by atoms with van der Waals surface area (Å²) in [6, 6.07) is 0. The molecule has 0 fully saturated rings. The Morgan fingerprint density at radius 1 is 1.50 bits per heavy atom. The maximum Gasteiger partial charge on any atom is 0.0591 e. The maximum absolute atomic E-state index is 5.29. The summed E-state index contributed by atoms with van der Waals surface area (Å²) in [5.74, 6) is 0. The van der Waals surface area contributed by atoms with E-state index in [9.17, 15) is 0 Å². The molecular weight excluding hydrogens is 150 g/mol. The molecule has 0 aromatic rings. The van der Waals surface area contributed by atoms with Gasteiger partial charge in [0.1, 0.15) is 0 Å². The van der Waals surface area contributed by atoms with Crippen LogP contribution >= 0.6 is 0 Å². The fourth-order valence-electron chi connectivity index (χ4n) is 0.715. The summed E-state index contributed by atoms with van der Waals surface area (Å²) in [7, 11) is 0. The molecule has 0 aromatic heterocycles. The van der Waals surface area contributed by atoms with E-state index in [4.69, 9.17) is 4.74 Å². The topological polar surface area (TPSA) is 21.3 Å². The molecule has 0 bridgehead atoms. The summed E-state index contributed by atoms with van der Waals surface area (Å²) in [6.45, 7) is 12.7. The van der Waals surface area contributed by atoms with Crippen molar-refractivity contribution in [2.75, 3.05) is 26.3 Å². The van der Waals surface area contributed by atoms with Crippen molar-refractivity contribution < 1.29 is 4.74 Å². The first kappa shape index (κ1) is 11.4. The van der Waals surface area contributed by atoms with Crippen molar-refractivity contribution in [3.05, 3.63) is 24.8 Å². The zero-order chi connectivity index (χ0) is 9.23. The average Bonchev–Trinajstić information content (AvgIpc) is 2.02. The Bertz CT molecular complexity index is 132. The van der Waals surface area contributed by atoms with Crippen LogP contribution in [0.15, 0.2) is 24.8 Å². The van der Waals surface area contributed by atoms with Crippen LogP contribution in [0.5, 0.6) is 0 Å². The molecule has 0 radical (unpaired) electrons. The molecule has 0 spiro atoms. The van der Waals surface area contributed by atoms with E-state index in [0.717, 1.165) is 38.3 Å². The minimum Gasteiger partial charge on any atom is -0.380 e. The molecule has 1 N–H and O–H groups in total. The van der Waals surface area contributed by atoms with Crippen LogP contribution in [0.2, 0.25) is 0 Å². The van der Waals surface area contributed by atoms with Crippen molar-refractivity contribution in [3.8, 4) is 0 Å². The Hall–Kier alpha value is -0.600. The molecule has 0 rings (SSSR count). The molecule has 0 saturated carbocycles. The first-order valence-electron chi connectivity index (χ1n) is 4.31. The molecule has 70 valence electrons. The predicted molar refractivity (Wildman–Crippen MR) is 53.3 cm³/mol. The number of ether oxygens (including phenoxy) is 1. The predicted octanol–water partition coefficient (Wildman–Crippen LogP) is 1.74. The van der Waals surface area contributed by atoms with E-state index in [2.05, 4.69) is 18.5 Å². The van der Waals surface area contributed by atoms with E-state index in [-0.39, 0.29) is 0 Å². The van der Waals surface area contributed by atoms with Gasteiger partial charge in [-0.1, -0.05) is 18.2 Å². The number of nitrogens with one attached hydrogen (secondary N) is 1. The van der Waals surface area contributed by atoms with Gasteiger partial charge in [0.05, 0.1) is 13.2 Å². The largest absolute Gasteiger partial charge is 0.380 e. The van der Waals surface area contributed by atoms with Gasteiger partial charge >= 0.3 is 0 Å². The lowest BCUT2D eigenvalue weighted by Gasteiger charge is -2.04. The van der Waals surface area contributed by atoms with Crippen LogP contribution in [0.4, 0.5) is 0 Å². The monoisotopic (exact) mass is 169 g/mol. The van der Waals surface area contributed by atoms with Gasteiger partial charge in [0, 0.05) is 13.1 Å². The van der Waals surface area contributed by atoms with Crippen molar-refractivity contribution >= 4 is 0 Å². The molecular formula is C10H19NO. The highest BCUT2D eigenvalue weighted by atomic mass is 16.5. The second-order valence-corrected chi connectivity index (χ2v) is 2.82. The summed E-state index contributed by atoms with van der Waals surface area (Å²) in [5.41, 5.74) is 1.15. The van der Waals surface area contributed by atoms with Crippen LogP contribution in [0.1, 0.15) is 13.3 Å². The van der Waals surface area contributed by atoms with Crippen LogP contribution in [0.25, 0.3) is 0 Å². The highest BCUT2D eigenvalue weighted by Gasteiger charge is 1.87. The van der Waals surface area contributed by atoms with E-state index >= 15 is 0 Å². The quantitative estimate of drug-likeness (QED) is 0.441. The zero-order valence-corrected chi connectivity index (χ0v) is 7.94. The van der Waals surface area contributed by atoms with Crippen molar-refractivity contribution in [3.63, 3.8) is 0 Å². The van der Waals surface area contributed by atoms with Crippen LogP contribution in [-0.4, -0.2) is 26.3 Å². The second kappa shape index (κ2) is 8.50. The van der Waals surface area contributed by atoms with Gasteiger partial charge in [-0.3, -0.25) is 0 Å². The van der Waals surface area contributed by atoms with Crippen LogP contribution in [0.3, 0.4) is 0 Å². The highest BCUT2D eigenvalue weighted by Crippen LogP contribution is 1.83. The van der Waals surface area contributed by atoms with Gasteiger partial charge < -0.3 is 10.1 Å². The minimum atomic E-state index is 0.765. The Kier molecular flexibility index (Phi) is 8.07. The molecule has 0 aliphatic heterocycles.